The van der Waals surface area contributed by atoms with Crippen LogP contribution in [0.2, 0.25) is 0 Å². The fourth-order valence-corrected chi connectivity index (χ4v) is 0.974. The first-order valence-electron chi connectivity index (χ1n) is 3.72. The van der Waals surface area contributed by atoms with Crippen molar-refractivity contribution in [2.24, 2.45) is 4.99 Å². The molecule has 0 radical (unpaired) electrons. The van der Waals surface area contributed by atoms with Crippen molar-refractivity contribution in [1.82, 2.24) is 0 Å². The van der Waals surface area contributed by atoms with Crippen LogP contribution in [0.15, 0.2) is 23.2 Å². The first kappa shape index (κ1) is 9.80. The highest BCUT2D eigenvalue weighted by atomic mass is 19.1. The molecule has 0 aliphatic heterocycles. The normalized spacial score (nSPS) is 11.8. The fourth-order valence-electron chi connectivity index (χ4n) is 0.974. The van der Waals surface area contributed by atoms with E-state index in [9.17, 15) is 8.78 Å². The summed E-state index contributed by atoms with van der Waals surface area (Å²) in [5, 5.41) is 8.46. The highest BCUT2D eigenvalue weighted by Crippen LogP contribution is 2.10. The highest BCUT2D eigenvalue weighted by molar-refractivity contribution is 5.98. The Labute approximate surface area is 74.5 Å². The zero-order chi connectivity index (χ0) is 9.84. The van der Waals surface area contributed by atoms with Gasteiger partial charge >= 0.3 is 0 Å². The molecule has 4 heteroatoms. The number of hydrogen-bond acceptors (Lipinski definition) is 2. The summed E-state index contributed by atoms with van der Waals surface area (Å²) in [6.07, 6.45) is 0. The van der Waals surface area contributed by atoms with Gasteiger partial charge in [0.15, 0.2) is 0 Å². The van der Waals surface area contributed by atoms with Crippen molar-refractivity contribution < 1.29 is 13.9 Å². The molecule has 0 aromatic heterocycles. The number of hydrogen-bond donors (Lipinski definition) is 1. The molecule has 0 saturated carbocycles. The molecule has 0 fully saturated rings. The molecule has 0 heterocycles. The van der Waals surface area contributed by atoms with E-state index >= 15 is 0 Å². The number of aliphatic hydroxyl groups excluding tert-OH is 1. The molecule has 13 heavy (non-hydrogen) atoms. The van der Waals surface area contributed by atoms with E-state index < -0.39 is 18.4 Å². The van der Waals surface area contributed by atoms with Crippen LogP contribution in [0.1, 0.15) is 12.5 Å². The first-order chi connectivity index (χ1) is 6.15. The number of aliphatic hydroxyl groups is 1. The van der Waals surface area contributed by atoms with E-state index in [-0.39, 0.29) is 5.56 Å². The lowest BCUT2D eigenvalue weighted by molar-refractivity contribution is 0.309. The SMILES string of the molecule is CC(=NCO)c1ccc(F)cc1F. The van der Waals surface area contributed by atoms with E-state index in [2.05, 4.69) is 4.99 Å². The Kier molecular flexibility index (Phi) is 3.08. The summed E-state index contributed by atoms with van der Waals surface area (Å²) in [6.45, 7) is 1.15. The van der Waals surface area contributed by atoms with Crippen molar-refractivity contribution in [2.75, 3.05) is 6.73 Å². The van der Waals surface area contributed by atoms with Gasteiger partial charge in [-0.3, -0.25) is 4.99 Å². The van der Waals surface area contributed by atoms with Gasteiger partial charge in [-0.1, -0.05) is 0 Å². The van der Waals surface area contributed by atoms with Crippen LogP contribution in [0.25, 0.3) is 0 Å². The van der Waals surface area contributed by atoms with Gasteiger partial charge in [0.05, 0.1) is 0 Å². The average molecular weight is 185 g/mol. The van der Waals surface area contributed by atoms with E-state index in [4.69, 9.17) is 5.11 Å². The minimum Gasteiger partial charge on any atom is -0.375 e. The monoisotopic (exact) mass is 185 g/mol. The van der Waals surface area contributed by atoms with Crippen molar-refractivity contribution >= 4 is 5.71 Å². The second-order valence-corrected chi connectivity index (χ2v) is 2.51. The van der Waals surface area contributed by atoms with Gasteiger partial charge in [0, 0.05) is 17.3 Å². The summed E-state index contributed by atoms with van der Waals surface area (Å²) in [6, 6.07) is 3.22. The minimum absolute atomic E-state index is 0.204. The standard InChI is InChI=1S/C9H9F2NO/c1-6(12-5-13)8-3-2-7(10)4-9(8)11/h2-4,13H,5H2,1H3. The summed E-state index contributed by atoms with van der Waals surface area (Å²) in [5.74, 6) is -1.30. The molecule has 1 aromatic rings. The number of benzene rings is 1. The fraction of sp³-hybridized carbons (Fsp3) is 0.222. The summed E-state index contributed by atoms with van der Waals surface area (Å²) in [5.41, 5.74) is 0.551. The molecule has 0 unspecified atom stereocenters. The van der Waals surface area contributed by atoms with Crippen LogP contribution in [-0.4, -0.2) is 17.5 Å². The van der Waals surface area contributed by atoms with Crippen molar-refractivity contribution in [1.29, 1.82) is 0 Å². The minimum atomic E-state index is -0.672. The summed E-state index contributed by atoms with van der Waals surface area (Å²) in [4.78, 5) is 3.60. The lowest BCUT2D eigenvalue weighted by Crippen LogP contribution is -2.00. The second-order valence-electron chi connectivity index (χ2n) is 2.51. The summed E-state index contributed by atoms with van der Waals surface area (Å²) < 4.78 is 25.5. The Hall–Kier alpha value is -1.29. The smallest absolute Gasteiger partial charge is 0.135 e. The third-order valence-corrected chi connectivity index (χ3v) is 1.63. The van der Waals surface area contributed by atoms with Crippen molar-refractivity contribution in [3.8, 4) is 0 Å². The zero-order valence-corrected chi connectivity index (χ0v) is 7.09. The van der Waals surface area contributed by atoms with E-state index in [1.807, 2.05) is 0 Å². The van der Waals surface area contributed by atoms with Crippen LogP contribution in [0, 0.1) is 11.6 Å². The van der Waals surface area contributed by atoms with Gasteiger partial charge in [-0.05, 0) is 19.1 Å². The van der Waals surface area contributed by atoms with Crippen LogP contribution in [-0.2, 0) is 0 Å². The van der Waals surface area contributed by atoms with Crippen molar-refractivity contribution in [3.05, 3.63) is 35.4 Å². The van der Waals surface area contributed by atoms with Crippen molar-refractivity contribution in [3.63, 3.8) is 0 Å². The molecule has 0 saturated heterocycles. The van der Waals surface area contributed by atoms with Crippen LogP contribution < -0.4 is 0 Å². The van der Waals surface area contributed by atoms with Gasteiger partial charge in [0.25, 0.3) is 0 Å². The predicted octanol–water partition coefficient (Wildman–Crippen LogP) is 1.72. The van der Waals surface area contributed by atoms with Crippen molar-refractivity contribution in [2.45, 2.75) is 6.92 Å². The number of halogens is 2. The molecule has 70 valence electrons. The lowest BCUT2D eigenvalue weighted by atomic mass is 10.1. The Balaban J connectivity index is 3.09. The molecule has 0 aliphatic rings. The lowest BCUT2D eigenvalue weighted by Gasteiger charge is -2.01. The topological polar surface area (TPSA) is 32.6 Å². The maximum atomic E-state index is 13.0. The number of rotatable bonds is 2. The molecule has 0 atom stereocenters. The third-order valence-electron chi connectivity index (χ3n) is 1.63. The molecule has 0 bridgehead atoms. The first-order valence-corrected chi connectivity index (χ1v) is 3.72. The van der Waals surface area contributed by atoms with Crippen LogP contribution >= 0.6 is 0 Å². The molecule has 0 aliphatic carbocycles. The van der Waals surface area contributed by atoms with Gasteiger partial charge < -0.3 is 5.11 Å². The Bertz CT molecular complexity index is 336. The van der Waals surface area contributed by atoms with Gasteiger partial charge in [-0.25, -0.2) is 8.78 Å². The van der Waals surface area contributed by atoms with E-state index in [0.717, 1.165) is 12.1 Å². The van der Waals surface area contributed by atoms with Crippen LogP contribution in [0.3, 0.4) is 0 Å². The molecule has 1 rings (SSSR count). The number of aliphatic imine (C=N–C) groups is 1. The Morgan fingerprint density at radius 2 is 2.15 bits per heavy atom. The molecule has 2 nitrogen and oxygen atoms in total. The molecular weight excluding hydrogens is 176 g/mol. The van der Waals surface area contributed by atoms with Gasteiger partial charge in [-0.15, -0.1) is 0 Å². The predicted molar refractivity (Wildman–Crippen MR) is 45.7 cm³/mol. The third kappa shape index (κ3) is 2.32. The highest BCUT2D eigenvalue weighted by Gasteiger charge is 2.05. The van der Waals surface area contributed by atoms with E-state index in [0.29, 0.717) is 5.71 Å². The quantitative estimate of drug-likeness (QED) is 0.699. The molecule has 0 spiro atoms. The molecule has 0 amide bonds. The second kappa shape index (κ2) is 4.09. The molecule has 1 aromatic carbocycles. The maximum absolute atomic E-state index is 13.0. The van der Waals surface area contributed by atoms with Crippen LogP contribution in [0.4, 0.5) is 8.78 Å². The molecule has 1 N–H and O–H groups in total. The van der Waals surface area contributed by atoms with Gasteiger partial charge in [0.1, 0.15) is 18.4 Å². The van der Waals surface area contributed by atoms with E-state index in [1.165, 1.54) is 6.07 Å². The van der Waals surface area contributed by atoms with Gasteiger partial charge in [-0.2, -0.15) is 0 Å². The van der Waals surface area contributed by atoms with Crippen LogP contribution in [0.5, 0.6) is 0 Å². The summed E-state index contributed by atoms with van der Waals surface area (Å²) in [7, 11) is 0. The Morgan fingerprint density at radius 1 is 1.46 bits per heavy atom. The number of nitrogens with zero attached hydrogens (tertiary/aromatic N) is 1. The van der Waals surface area contributed by atoms with Gasteiger partial charge in [0.2, 0.25) is 0 Å². The molecular formula is C9H9F2NO. The largest absolute Gasteiger partial charge is 0.375 e. The van der Waals surface area contributed by atoms with E-state index in [1.54, 1.807) is 6.92 Å². The Morgan fingerprint density at radius 3 is 2.69 bits per heavy atom. The maximum Gasteiger partial charge on any atom is 0.135 e. The zero-order valence-electron chi connectivity index (χ0n) is 7.09. The summed E-state index contributed by atoms with van der Waals surface area (Å²) >= 11 is 0. The average Bonchev–Trinajstić information content (AvgIpc) is 2.04.